The van der Waals surface area contributed by atoms with Crippen molar-refractivity contribution in [2.45, 2.75) is 0 Å². The molecule has 0 unspecified atom stereocenters. The van der Waals surface area contributed by atoms with Crippen LogP contribution in [0.1, 0.15) is 16.1 Å². The monoisotopic (exact) mass is 288 g/mol. The number of carbonyl (C=O) groups is 1. The van der Waals surface area contributed by atoms with Gasteiger partial charge >= 0.3 is 0 Å². The number of rotatable bonds is 2. The molecule has 1 aromatic carbocycles. The Morgan fingerprint density at radius 3 is 2.62 bits per heavy atom. The zero-order valence-electron chi connectivity index (χ0n) is 10.7. The number of carbonyl (C=O) groups excluding carboxylic acids is 1. The number of aliphatic hydroxyl groups excluding tert-OH is 1. The Bertz CT molecular complexity index is 716. The van der Waals surface area contributed by atoms with Gasteiger partial charge in [0.25, 0.3) is 5.91 Å². The molecule has 4 nitrogen and oxygen atoms in total. The van der Waals surface area contributed by atoms with Crippen molar-refractivity contribution in [2.24, 2.45) is 0 Å². The molecule has 0 aliphatic rings. The first-order chi connectivity index (χ1) is 10.1. The van der Waals surface area contributed by atoms with Crippen molar-refractivity contribution in [3.63, 3.8) is 0 Å². The third kappa shape index (κ3) is 3.41. The molecule has 2 rings (SSSR count). The van der Waals surface area contributed by atoms with Crippen LogP contribution in [-0.2, 0) is 0 Å². The molecule has 0 bridgehead atoms. The number of para-hydroxylation sites is 1. The summed E-state index contributed by atoms with van der Waals surface area (Å²) in [5, 5.41) is 10.8. The molecule has 1 heterocycles. The van der Waals surface area contributed by atoms with Gasteiger partial charge in [-0.2, -0.15) is 0 Å². The van der Waals surface area contributed by atoms with Gasteiger partial charge in [-0.3, -0.25) is 4.79 Å². The zero-order chi connectivity index (χ0) is 15.2. The van der Waals surface area contributed by atoms with Crippen molar-refractivity contribution in [2.75, 3.05) is 11.9 Å². The van der Waals surface area contributed by atoms with E-state index in [1.807, 2.05) is 0 Å². The summed E-state index contributed by atoms with van der Waals surface area (Å²) in [6.07, 6.45) is 1.36. The fourth-order valence-electron chi connectivity index (χ4n) is 1.61. The molecule has 0 aliphatic heterocycles. The largest absolute Gasteiger partial charge is 0.384 e. The topological polar surface area (TPSA) is 62.2 Å². The van der Waals surface area contributed by atoms with Gasteiger partial charge in [-0.15, -0.1) is 0 Å². The number of hydrogen-bond acceptors (Lipinski definition) is 3. The van der Waals surface area contributed by atoms with E-state index in [9.17, 15) is 13.6 Å². The van der Waals surface area contributed by atoms with Crippen molar-refractivity contribution < 1.29 is 18.7 Å². The quantitative estimate of drug-likeness (QED) is 0.830. The Balaban J connectivity index is 2.33. The van der Waals surface area contributed by atoms with E-state index in [0.29, 0.717) is 0 Å². The van der Waals surface area contributed by atoms with E-state index in [1.165, 1.54) is 18.3 Å². The Labute approximate surface area is 119 Å². The molecule has 21 heavy (non-hydrogen) atoms. The molecule has 2 N–H and O–H groups in total. The summed E-state index contributed by atoms with van der Waals surface area (Å²) in [5.74, 6) is 2.37. The number of pyridine rings is 1. The van der Waals surface area contributed by atoms with E-state index >= 15 is 0 Å². The summed E-state index contributed by atoms with van der Waals surface area (Å²) in [6, 6.07) is 6.33. The first kappa shape index (κ1) is 14.6. The number of halogens is 2. The maximum atomic E-state index is 13.5. The Morgan fingerprint density at radius 1 is 1.24 bits per heavy atom. The van der Waals surface area contributed by atoms with Crippen LogP contribution in [0.15, 0.2) is 36.5 Å². The first-order valence-corrected chi connectivity index (χ1v) is 5.93. The van der Waals surface area contributed by atoms with Gasteiger partial charge in [-0.1, -0.05) is 17.9 Å². The highest BCUT2D eigenvalue weighted by molar-refractivity contribution is 6.04. The van der Waals surface area contributed by atoms with Crippen LogP contribution in [0, 0.1) is 23.5 Å². The molecule has 2 aromatic rings. The minimum Gasteiger partial charge on any atom is -0.384 e. The summed E-state index contributed by atoms with van der Waals surface area (Å²) in [7, 11) is 0. The van der Waals surface area contributed by atoms with Crippen LogP contribution in [0.5, 0.6) is 0 Å². The average molecular weight is 288 g/mol. The van der Waals surface area contributed by atoms with E-state index in [2.05, 4.69) is 22.1 Å². The van der Waals surface area contributed by atoms with E-state index in [1.54, 1.807) is 6.07 Å². The van der Waals surface area contributed by atoms with Crippen molar-refractivity contribution in [1.29, 1.82) is 0 Å². The fourth-order valence-corrected chi connectivity index (χ4v) is 1.61. The van der Waals surface area contributed by atoms with Crippen LogP contribution in [-0.4, -0.2) is 22.6 Å². The Morgan fingerprint density at radius 2 is 1.95 bits per heavy atom. The number of benzene rings is 1. The molecule has 0 aliphatic carbocycles. The van der Waals surface area contributed by atoms with Crippen molar-refractivity contribution in [1.82, 2.24) is 4.98 Å². The van der Waals surface area contributed by atoms with Gasteiger partial charge in [0.15, 0.2) is 0 Å². The summed E-state index contributed by atoms with van der Waals surface area (Å²) < 4.78 is 27.0. The molecule has 6 heteroatoms. The number of nitrogens with one attached hydrogen (secondary N) is 1. The standard InChI is InChI=1S/C15H10F2N2O2/c16-11-6-1-7-12(17)14(11)19-15(21)13-10(5-3-9-20)4-2-8-18-13/h1-2,4,6-8,20H,9H2,(H,19,21). The summed E-state index contributed by atoms with van der Waals surface area (Å²) >= 11 is 0. The number of hydrogen-bond donors (Lipinski definition) is 2. The smallest absolute Gasteiger partial charge is 0.275 e. The number of aliphatic hydroxyl groups is 1. The lowest BCUT2D eigenvalue weighted by molar-refractivity contribution is 0.102. The molecule has 0 fully saturated rings. The molecular formula is C15H10F2N2O2. The molecule has 106 valence electrons. The van der Waals surface area contributed by atoms with Crippen LogP contribution >= 0.6 is 0 Å². The van der Waals surface area contributed by atoms with Crippen LogP contribution in [0.25, 0.3) is 0 Å². The van der Waals surface area contributed by atoms with Crippen molar-refractivity contribution in [3.8, 4) is 11.8 Å². The van der Waals surface area contributed by atoms with Gasteiger partial charge in [0.2, 0.25) is 0 Å². The number of nitrogens with zero attached hydrogens (tertiary/aromatic N) is 1. The average Bonchev–Trinajstić information content (AvgIpc) is 2.49. The van der Waals surface area contributed by atoms with Gasteiger partial charge in [0, 0.05) is 6.20 Å². The summed E-state index contributed by atoms with van der Waals surface area (Å²) in [4.78, 5) is 15.9. The molecular weight excluding hydrogens is 278 g/mol. The van der Waals surface area contributed by atoms with Gasteiger partial charge in [-0.25, -0.2) is 13.8 Å². The summed E-state index contributed by atoms with van der Waals surface area (Å²) in [6.45, 7) is -0.377. The zero-order valence-corrected chi connectivity index (χ0v) is 10.7. The molecule has 1 amide bonds. The molecule has 0 saturated carbocycles. The van der Waals surface area contributed by atoms with Gasteiger partial charge in [-0.05, 0) is 24.3 Å². The molecule has 0 radical (unpaired) electrons. The Hall–Kier alpha value is -2.78. The maximum absolute atomic E-state index is 13.5. The normalized spacial score (nSPS) is 9.67. The van der Waals surface area contributed by atoms with Gasteiger partial charge < -0.3 is 10.4 Å². The second-order valence-corrected chi connectivity index (χ2v) is 3.91. The second kappa shape index (κ2) is 6.59. The Kier molecular flexibility index (Phi) is 4.59. The minimum absolute atomic E-state index is 0.0823. The maximum Gasteiger partial charge on any atom is 0.275 e. The number of amides is 1. The van der Waals surface area contributed by atoms with E-state index in [0.717, 1.165) is 12.1 Å². The van der Waals surface area contributed by atoms with Crippen LogP contribution in [0.4, 0.5) is 14.5 Å². The highest BCUT2D eigenvalue weighted by Crippen LogP contribution is 2.19. The van der Waals surface area contributed by atoms with Crippen LogP contribution < -0.4 is 5.32 Å². The molecule has 1 aromatic heterocycles. The molecule has 0 spiro atoms. The van der Waals surface area contributed by atoms with Gasteiger partial charge in [0.1, 0.15) is 29.6 Å². The lowest BCUT2D eigenvalue weighted by atomic mass is 10.2. The van der Waals surface area contributed by atoms with Crippen LogP contribution in [0.2, 0.25) is 0 Å². The van der Waals surface area contributed by atoms with Crippen molar-refractivity contribution in [3.05, 3.63) is 59.4 Å². The predicted molar refractivity (Wildman–Crippen MR) is 72.5 cm³/mol. The lowest BCUT2D eigenvalue weighted by Gasteiger charge is -2.08. The number of anilines is 1. The van der Waals surface area contributed by atoms with Crippen molar-refractivity contribution >= 4 is 11.6 Å². The highest BCUT2D eigenvalue weighted by atomic mass is 19.1. The lowest BCUT2D eigenvalue weighted by Crippen LogP contribution is -2.17. The molecule has 0 atom stereocenters. The molecule has 0 saturated heterocycles. The highest BCUT2D eigenvalue weighted by Gasteiger charge is 2.16. The fraction of sp³-hybridized carbons (Fsp3) is 0.0667. The first-order valence-electron chi connectivity index (χ1n) is 5.93. The van der Waals surface area contributed by atoms with E-state index in [-0.39, 0.29) is 17.9 Å². The van der Waals surface area contributed by atoms with Gasteiger partial charge in [0.05, 0.1) is 5.56 Å². The second-order valence-electron chi connectivity index (χ2n) is 3.91. The van der Waals surface area contributed by atoms with Crippen LogP contribution in [0.3, 0.4) is 0 Å². The third-order valence-electron chi connectivity index (χ3n) is 2.53. The predicted octanol–water partition coefficient (Wildman–Crippen LogP) is 1.96. The number of aromatic nitrogens is 1. The summed E-state index contributed by atoms with van der Waals surface area (Å²) in [5.41, 5.74) is -0.379. The van der Waals surface area contributed by atoms with E-state index < -0.39 is 23.2 Å². The third-order valence-corrected chi connectivity index (χ3v) is 2.53. The SMILES string of the molecule is O=C(Nc1c(F)cccc1F)c1ncccc1C#CCO. The minimum atomic E-state index is -0.887. The van der Waals surface area contributed by atoms with E-state index in [4.69, 9.17) is 5.11 Å².